The molecular weight excluding hydrogens is 290 g/mol. The second-order valence-electron chi connectivity index (χ2n) is 9.95. The lowest BCUT2D eigenvalue weighted by Crippen LogP contribution is -2.20. The molecule has 0 aromatic carbocycles. The Morgan fingerprint density at radius 2 is 1.54 bits per heavy atom. The van der Waals surface area contributed by atoms with Gasteiger partial charge in [0, 0.05) is 12.4 Å². The van der Waals surface area contributed by atoms with Crippen molar-refractivity contribution in [1.82, 2.24) is 4.98 Å². The Balaban J connectivity index is 2.36. The highest BCUT2D eigenvalue weighted by Gasteiger charge is 2.23. The minimum atomic E-state index is 0.229. The number of hydrogen-bond acceptors (Lipinski definition) is 1. The van der Waals surface area contributed by atoms with E-state index in [1.165, 1.54) is 37.7 Å². The molecule has 0 bridgehead atoms. The van der Waals surface area contributed by atoms with Crippen LogP contribution in [-0.4, -0.2) is 4.98 Å². The molecule has 1 heterocycles. The van der Waals surface area contributed by atoms with E-state index in [-0.39, 0.29) is 5.41 Å². The molecule has 0 saturated heterocycles. The standard InChI is InChI=1S/C23H41N/c1-18(11-12-20(3)22(4,5)6)16-19(2)13-14-23(7,8)21-10-9-15-24-17-21/h9-10,15,17-20H,11-14,16H2,1-8H3. The van der Waals surface area contributed by atoms with Gasteiger partial charge in [0.05, 0.1) is 0 Å². The largest absolute Gasteiger partial charge is 0.264 e. The van der Waals surface area contributed by atoms with Crippen molar-refractivity contribution >= 4 is 0 Å². The second-order valence-corrected chi connectivity index (χ2v) is 9.95. The van der Waals surface area contributed by atoms with Gasteiger partial charge in [-0.3, -0.25) is 4.98 Å². The van der Waals surface area contributed by atoms with Crippen molar-refractivity contribution in [2.75, 3.05) is 0 Å². The molecule has 0 N–H and O–H groups in total. The van der Waals surface area contributed by atoms with E-state index in [0.29, 0.717) is 5.41 Å². The van der Waals surface area contributed by atoms with Crippen LogP contribution in [0, 0.1) is 23.2 Å². The normalized spacial score (nSPS) is 16.7. The van der Waals surface area contributed by atoms with Crippen molar-refractivity contribution in [3.8, 4) is 0 Å². The van der Waals surface area contributed by atoms with Crippen LogP contribution in [0.5, 0.6) is 0 Å². The van der Waals surface area contributed by atoms with E-state index >= 15 is 0 Å². The molecule has 138 valence electrons. The lowest BCUT2D eigenvalue weighted by atomic mass is 9.76. The summed E-state index contributed by atoms with van der Waals surface area (Å²) in [6.45, 7) is 19.1. The number of nitrogens with zero attached hydrogens (tertiary/aromatic N) is 1. The van der Waals surface area contributed by atoms with Crippen LogP contribution >= 0.6 is 0 Å². The number of rotatable bonds is 9. The van der Waals surface area contributed by atoms with Gasteiger partial charge in [0.15, 0.2) is 0 Å². The highest BCUT2D eigenvalue weighted by Crippen LogP contribution is 2.33. The third kappa shape index (κ3) is 7.36. The molecule has 0 amide bonds. The van der Waals surface area contributed by atoms with Crippen molar-refractivity contribution < 1.29 is 0 Å². The van der Waals surface area contributed by atoms with Crippen LogP contribution in [0.1, 0.15) is 93.1 Å². The summed E-state index contributed by atoms with van der Waals surface area (Å²) in [6, 6.07) is 4.27. The molecule has 1 heteroatoms. The summed E-state index contributed by atoms with van der Waals surface area (Å²) in [5.74, 6) is 2.45. The number of aromatic nitrogens is 1. The monoisotopic (exact) mass is 331 g/mol. The Labute approximate surface area is 151 Å². The highest BCUT2D eigenvalue weighted by molar-refractivity contribution is 5.19. The third-order valence-electron chi connectivity index (χ3n) is 6.08. The fourth-order valence-corrected chi connectivity index (χ4v) is 3.40. The van der Waals surface area contributed by atoms with Crippen molar-refractivity contribution in [2.24, 2.45) is 23.2 Å². The first-order valence-corrected chi connectivity index (χ1v) is 9.93. The van der Waals surface area contributed by atoms with Crippen molar-refractivity contribution in [2.45, 2.75) is 92.9 Å². The predicted molar refractivity (Wildman–Crippen MR) is 107 cm³/mol. The first-order chi connectivity index (χ1) is 11.0. The quantitative estimate of drug-likeness (QED) is 0.464. The van der Waals surface area contributed by atoms with E-state index in [1.54, 1.807) is 0 Å². The highest BCUT2D eigenvalue weighted by atomic mass is 14.6. The maximum Gasteiger partial charge on any atom is 0.0305 e. The molecule has 1 rings (SSSR count). The van der Waals surface area contributed by atoms with Gasteiger partial charge < -0.3 is 0 Å². The van der Waals surface area contributed by atoms with E-state index < -0.39 is 0 Å². The van der Waals surface area contributed by atoms with Crippen LogP contribution in [0.25, 0.3) is 0 Å². The number of hydrogen-bond donors (Lipinski definition) is 0. The first-order valence-electron chi connectivity index (χ1n) is 9.93. The first kappa shape index (κ1) is 21.2. The summed E-state index contributed by atoms with van der Waals surface area (Å²) in [5.41, 5.74) is 2.04. The SMILES string of the molecule is CC(CCC(C)C(C)(C)C)CC(C)CCC(C)(C)c1cccnc1. The second kappa shape index (κ2) is 9.02. The Kier molecular flexibility index (Phi) is 7.96. The molecule has 0 aliphatic carbocycles. The molecule has 0 radical (unpaired) electrons. The summed E-state index contributed by atoms with van der Waals surface area (Å²) < 4.78 is 0. The zero-order valence-electron chi connectivity index (χ0n) is 17.5. The zero-order valence-corrected chi connectivity index (χ0v) is 17.5. The van der Waals surface area contributed by atoms with Crippen LogP contribution in [-0.2, 0) is 5.41 Å². The minimum Gasteiger partial charge on any atom is -0.264 e. The van der Waals surface area contributed by atoms with Gasteiger partial charge in [-0.25, -0.2) is 0 Å². The van der Waals surface area contributed by atoms with Gasteiger partial charge in [0.1, 0.15) is 0 Å². The molecule has 0 aliphatic heterocycles. The van der Waals surface area contributed by atoms with E-state index in [0.717, 1.165) is 17.8 Å². The van der Waals surface area contributed by atoms with Gasteiger partial charge in [0.2, 0.25) is 0 Å². The molecule has 1 nitrogen and oxygen atoms in total. The summed E-state index contributed by atoms with van der Waals surface area (Å²) in [7, 11) is 0. The van der Waals surface area contributed by atoms with Gasteiger partial charge in [-0.1, -0.05) is 67.9 Å². The van der Waals surface area contributed by atoms with Crippen molar-refractivity contribution in [3.05, 3.63) is 30.1 Å². The fourth-order valence-electron chi connectivity index (χ4n) is 3.40. The van der Waals surface area contributed by atoms with Crippen LogP contribution < -0.4 is 0 Å². The van der Waals surface area contributed by atoms with Crippen molar-refractivity contribution in [1.29, 1.82) is 0 Å². The lowest BCUT2D eigenvalue weighted by Gasteiger charge is -2.29. The molecule has 0 saturated carbocycles. The van der Waals surface area contributed by atoms with Crippen LogP contribution in [0.3, 0.4) is 0 Å². The molecule has 1 aromatic rings. The van der Waals surface area contributed by atoms with E-state index in [2.05, 4.69) is 72.5 Å². The van der Waals surface area contributed by atoms with Gasteiger partial charge in [-0.15, -0.1) is 0 Å². The minimum absolute atomic E-state index is 0.229. The molecule has 1 aromatic heterocycles. The smallest absolute Gasteiger partial charge is 0.0305 e. The lowest BCUT2D eigenvalue weighted by molar-refractivity contribution is 0.224. The van der Waals surface area contributed by atoms with E-state index in [1.807, 2.05) is 12.4 Å². The maximum absolute atomic E-state index is 4.29. The molecule has 0 aliphatic rings. The van der Waals surface area contributed by atoms with Gasteiger partial charge in [-0.05, 0) is 65.9 Å². The fraction of sp³-hybridized carbons (Fsp3) is 0.783. The average Bonchev–Trinajstić information content (AvgIpc) is 2.50. The third-order valence-corrected chi connectivity index (χ3v) is 6.08. The Bertz CT molecular complexity index is 455. The summed E-state index contributed by atoms with van der Waals surface area (Å²) in [4.78, 5) is 4.29. The summed E-state index contributed by atoms with van der Waals surface area (Å²) in [5, 5.41) is 0. The summed E-state index contributed by atoms with van der Waals surface area (Å²) >= 11 is 0. The molecular formula is C23H41N. The Morgan fingerprint density at radius 1 is 0.917 bits per heavy atom. The van der Waals surface area contributed by atoms with E-state index in [9.17, 15) is 0 Å². The Hall–Kier alpha value is -0.850. The zero-order chi connectivity index (χ0) is 18.4. The van der Waals surface area contributed by atoms with Gasteiger partial charge in [-0.2, -0.15) is 0 Å². The van der Waals surface area contributed by atoms with Gasteiger partial charge >= 0.3 is 0 Å². The molecule has 0 fully saturated rings. The van der Waals surface area contributed by atoms with Crippen molar-refractivity contribution in [3.63, 3.8) is 0 Å². The predicted octanol–water partition coefficient (Wildman–Crippen LogP) is 7.26. The topological polar surface area (TPSA) is 12.9 Å². The molecule has 3 unspecified atom stereocenters. The van der Waals surface area contributed by atoms with Crippen LogP contribution in [0.15, 0.2) is 24.5 Å². The average molecular weight is 332 g/mol. The number of pyridine rings is 1. The molecule has 24 heavy (non-hydrogen) atoms. The van der Waals surface area contributed by atoms with Crippen LogP contribution in [0.4, 0.5) is 0 Å². The van der Waals surface area contributed by atoms with Gasteiger partial charge in [0.25, 0.3) is 0 Å². The van der Waals surface area contributed by atoms with Crippen LogP contribution in [0.2, 0.25) is 0 Å². The maximum atomic E-state index is 4.29. The Morgan fingerprint density at radius 3 is 2.08 bits per heavy atom. The van der Waals surface area contributed by atoms with E-state index in [4.69, 9.17) is 0 Å². The molecule has 3 atom stereocenters. The summed E-state index contributed by atoms with van der Waals surface area (Å²) in [6.07, 6.45) is 10.5. The molecule has 0 spiro atoms.